The zero-order valence-corrected chi connectivity index (χ0v) is 24.8. The summed E-state index contributed by atoms with van der Waals surface area (Å²) in [5, 5.41) is 18.5. The van der Waals surface area contributed by atoms with Gasteiger partial charge in [-0.3, -0.25) is 0 Å². The molecule has 0 aliphatic heterocycles. The Morgan fingerprint density at radius 1 is 1.02 bits per heavy atom. The zero-order chi connectivity index (χ0) is 31.0. The van der Waals surface area contributed by atoms with Crippen LogP contribution in [0.2, 0.25) is 0 Å². The zero-order valence-electron chi connectivity index (χ0n) is 23.9. The molecule has 3 N–H and O–H groups in total. The van der Waals surface area contributed by atoms with Gasteiger partial charge in [-0.1, -0.05) is 44.6 Å². The van der Waals surface area contributed by atoms with E-state index >= 15 is 0 Å². The third kappa shape index (κ3) is 9.07. The van der Waals surface area contributed by atoms with E-state index in [9.17, 15) is 15.0 Å². The van der Waals surface area contributed by atoms with Crippen molar-refractivity contribution in [3.05, 3.63) is 66.2 Å². The maximum atomic E-state index is 12.6. The molecule has 0 amide bonds. The van der Waals surface area contributed by atoms with Crippen molar-refractivity contribution in [1.82, 2.24) is 19.9 Å². The lowest BCUT2D eigenvalue weighted by molar-refractivity contribution is -0.111. The van der Waals surface area contributed by atoms with Crippen molar-refractivity contribution in [2.24, 2.45) is 5.41 Å². The number of nitrogens with zero attached hydrogens (tertiary/aromatic N) is 4. The fourth-order valence-electron chi connectivity index (χ4n) is 3.70. The molecule has 224 valence electrons. The normalized spacial score (nSPS) is 13.3. The Balaban J connectivity index is 1.61. The standard InChI is InChI=1S/C28H30BN5O8S/c1-27(2,3)17-10-12-18(13-11-17)42-43-26(35)41-34-22-21(40-20-9-6-5-8-19(20)38-4)25(39-16-28(29,36)37)33-24(32-22)23-30-14-7-15-31-23/h5-10,12,14-15,36-37H,11,13,16H2,1-4H3,(H,32,33,34). The van der Waals surface area contributed by atoms with Crippen LogP contribution in [0.15, 0.2) is 66.2 Å². The SMILES string of the molecule is [B]C(O)(O)COc1nc(-c2ncccn2)nc(NOC(=O)SOC2=CC=C(C(C)(C)C)CC2)c1Oc1ccccc1OC. The minimum Gasteiger partial charge on any atom is -0.493 e. The number of nitrogens with one attached hydrogen (secondary N) is 1. The minimum atomic E-state index is -2.71. The van der Waals surface area contributed by atoms with Crippen LogP contribution in [-0.2, 0) is 9.02 Å². The number of hydrogen-bond donors (Lipinski definition) is 3. The summed E-state index contributed by atoms with van der Waals surface area (Å²) in [4.78, 5) is 34.7. The minimum absolute atomic E-state index is 0.0469. The summed E-state index contributed by atoms with van der Waals surface area (Å²) in [5.41, 5.74) is 1.07. The van der Waals surface area contributed by atoms with E-state index in [1.54, 1.807) is 30.3 Å². The number of para-hydroxylation sites is 2. The number of aromatic nitrogens is 4. The molecule has 4 rings (SSSR count). The van der Waals surface area contributed by atoms with E-state index in [1.165, 1.54) is 25.1 Å². The van der Waals surface area contributed by atoms with Gasteiger partial charge < -0.3 is 33.4 Å². The van der Waals surface area contributed by atoms with Crippen LogP contribution in [0, 0.1) is 5.41 Å². The van der Waals surface area contributed by atoms with Crippen LogP contribution in [0.1, 0.15) is 33.6 Å². The molecule has 0 unspecified atom stereocenters. The van der Waals surface area contributed by atoms with Gasteiger partial charge in [-0.05, 0) is 36.1 Å². The number of benzene rings is 1. The van der Waals surface area contributed by atoms with Crippen LogP contribution < -0.4 is 19.7 Å². The summed E-state index contributed by atoms with van der Waals surface area (Å²) < 4.78 is 22.4. The Morgan fingerprint density at radius 3 is 2.37 bits per heavy atom. The van der Waals surface area contributed by atoms with E-state index in [4.69, 9.17) is 31.1 Å². The van der Waals surface area contributed by atoms with Crippen LogP contribution in [0.5, 0.6) is 23.1 Å². The second kappa shape index (κ2) is 13.8. The summed E-state index contributed by atoms with van der Waals surface area (Å²) >= 11 is 0.481. The molecular formula is C28H30BN5O8S. The second-order valence-electron chi connectivity index (χ2n) is 10.2. The number of rotatable bonds is 11. The molecule has 2 radical (unpaired) electrons. The van der Waals surface area contributed by atoms with Crippen molar-refractivity contribution < 1.29 is 38.2 Å². The first-order chi connectivity index (χ1) is 20.4. The quantitative estimate of drug-likeness (QED) is 0.119. The number of ether oxygens (including phenoxy) is 3. The first-order valence-electron chi connectivity index (χ1n) is 13.0. The monoisotopic (exact) mass is 607 g/mol. The molecule has 1 aromatic carbocycles. The fourth-order valence-corrected chi connectivity index (χ4v) is 4.09. The van der Waals surface area contributed by atoms with Gasteiger partial charge >= 0.3 is 5.30 Å². The predicted octanol–water partition coefficient (Wildman–Crippen LogP) is 4.70. The molecule has 0 saturated heterocycles. The van der Waals surface area contributed by atoms with Gasteiger partial charge in [-0.25, -0.2) is 19.7 Å². The van der Waals surface area contributed by atoms with E-state index in [0.717, 1.165) is 6.42 Å². The smallest absolute Gasteiger partial charge is 0.431 e. The van der Waals surface area contributed by atoms with Crippen molar-refractivity contribution in [3.63, 3.8) is 0 Å². The van der Waals surface area contributed by atoms with Crippen molar-refractivity contribution in [2.45, 2.75) is 39.3 Å². The maximum absolute atomic E-state index is 12.6. The topological polar surface area (TPSA) is 167 Å². The Bertz CT molecular complexity index is 1490. The molecule has 0 atom stereocenters. The largest absolute Gasteiger partial charge is 0.493 e. The average molecular weight is 607 g/mol. The molecule has 3 aromatic rings. The van der Waals surface area contributed by atoms with E-state index < -0.39 is 17.6 Å². The molecule has 0 saturated carbocycles. The van der Waals surface area contributed by atoms with E-state index in [2.05, 4.69) is 46.2 Å². The third-order valence-electron chi connectivity index (χ3n) is 5.82. The van der Waals surface area contributed by atoms with Gasteiger partial charge in [0.15, 0.2) is 37.2 Å². The number of allylic oxidation sites excluding steroid dienone is 4. The average Bonchev–Trinajstić information content (AvgIpc) is 2.98. The summed E-state index contributed by atoms with van der Waals surface area (Å²) in [5.74, 6) is 0.487. The molecule has 1 aliphatic rings. The number of methoxy groups -OCH3 is 1. The molecule has 13 nitrogen and oxygen atoms in total. The van der Waals surface area contributed by atoms with Gasteiger partial charge in [-0.15, -0.1) is 0 Å². The first-order valence-corrected chi connectivity index (χ1v) is 13.8. The molecule has 43 heavy (non-hydrogen) atoms. The predicted molar refractivity (Wildman–Crippen MR) is 158 cm³/mol. The van der Waals surface area contributed by atoms with Crippen molar-refractivity contribution in [2.75, 3.05) is 19.2 Å². The third-order valence-corrected chi connectivity index (χ3v) is 6.34. The lowest BCUT2D eigenvalue weighted by Gasteiger charge is -2.25. The Morgan fingerprint density at radius 2 is 1.74 bits per heavy atom. The van der Waals surface area contributed by atoms with Gasteiger partial charge in [0, 0.05) is 18.8 Å². The van der Waals surface area contributed by atoms with E-state index in [0.29, 0.717) is 30.0 Å². The number of anilines is 1. The molecule has 0 bridgehead atoms. The molecule has 0 spiro atoms. The van der Waals surface area contributed by atoms with E-state index in [-0.39, 0.29) is 40.3 Å². The summed E-state index contributed by atoms with van der Waals surface area (Å²) in [6.07, 6.45) is 8.22. The highest BCUT2D eigenvalue weighted by Gasteiger charge is 2.26. The molecular weight excluding hydrogens is 577 g/mol. The molecule has 2 aromatic heterocycles. The Hall–Kier alpha value is -4.34. The van der Waals surface area contributed by atoms with Gasteiger partial charge in [0.2, 0.25) is 17.4 Å². The van der Waals surface area contributed by atoms with Crippen LogP contribution in [-0.4, -0.2) is 62.7 Å². The number of hydrogen-bond acceptors (Lipinski definition) is 14. The van der Waals surface area contributed by atoms with Gasteiger partial charge in [-0.2, -0.15) is 10.5 Å². The lowest BCUT2D eigenvalue weighted by Crippen LogP contribution is -2.36. The number of carbonyl (C=O) groups excluding carboxylic acids is 1. The van der Waals surface area contributed by atoms with Crippen molar-refractivity contribution >= 4 is 31.0 Å². The highest BCUT2D eigenvalue weighted by molar-refractivity contribution is 8.09. The van der Waals surface area contributed by atoms with Crippen LogP contribution in [0.25, 0.3) is 11.6 Å². The summed E-state index contributed by atoms with van der Waals surface area (Å²) in [6.45, 7) is 5.61. The first kappa shape index (κ1) is 31.6. The lowest BCUT2D eigenvalue weighted by atomic mass is 9.82. The Labute approximate surface area is 253 Å². The number of aliphatic hydroxyl groups is 2. The Kier molecular flexibility index (Phi) is 10.1. The molecule has 15 heteroatoms. The number of carbonyl (C=O) groups is 1. The van der Waals surface area contributed by atoms with Crippen LogP contribution >= 0.6 is 12.0 Å². The summed E-state index contributed by atoms with van der Waals surface area (Å²) in [7, 11) is 6.74. The van der Waals surface area contributed by atoms with Gasteiger partial charge in [0.25, 0.3) is 5.88 Å². The van der Waals surface area contributed by atoms with Crippen molar-refractivity contribution in [1.29, 1.82) is 0 Å². The molecule has 1 aliphatic carbocycles. The molecule has 2 heterocycles. The van der Waals surface area contributed by atoms with Gasteiger partial charge in [0.1, 0.15) is 18.1 Å². The second-order valence-corrected chi connectivity index (χ2v) is 10.9. The summed E-state index contributed by atoms with van der Waals surface area (Å²) in [6, 6.07) is 8.27. The fraction of sp³-hybridized carbons (Fsp3) is 0.321. The van der Waals surface area contributed by atoms with Crippen molar-refractivity contribution in [3.8, 4) is 34.8 Å². The van der Waals surface area contributed by atoms with E-state index in [1.807, 2.05) is 12.2 Å². The highest BCUT2D eigenvalue weighted by atomic mass is 32.2. The van der Waals surface area contributed by atoms with Crippen LogP contribution in [0.3, 0.4) is 0 Å². The van der Waals surface area contributed by atoms with Gasteiger partial charge in [0.05, 0.1) is 7.11 Å². The highest BCUT2D eigenvalue weighted by Crippen LogP contribution is 2.41. The maximum Gasteiger partial charge on any atom is 0.431 e. The van der Waals surface area contributed by atoms with Crippen LogP contribution in [0.4, 0.5) is 10.6 Å². The molecule has 0 fully saturated rings.